The molecule has 1 aromatic rings. The number of para-hydroxylation sites is 1. The van der Waals surface area contributed by atoms with Gasteiger partial charge in [0.05, 0.1) is 6.10 Å². The normalized spacial score (nSPS) is 17.6. The highest BCUT2D eigenvalue weighted by Crippen LogP contribution is 2.29. The van der Waals surface area contributed by atoms with Gasteiger partial charge in [0.1, 0.15) is 11.8 Å². The number of nitrogens with two attached hydrogens (primary N) is 1. The third kappa shape index (κ3) is 2.17. The van der Waals surface area contributed by atoms with Gasteiger partial charge in [0.15, 0.2) is 0 Å². The lowest BCUT2D eigenvalue weighted by atomic mass is 9.96. The summed E-state index contributed by atoms with van der Waals surface area (Å²) in [6.07, 6.45) is 3.48. The number of benzene rings is 1. The maximum Gasteiger partial charge on any atom is 0.325 e. The molecule has 0 bridgehead atoms. The molecule has 0 amide bonds. The second kappa shape index (κ2) is 4.53. The van der Waals surface area contributed by atoms with Gasteiger partial charge in [-0.05, 0) is 25.3 Å². The van der Waals surface area contributed by atoms with Crippen molar-refractivity contribution in [3.8, 4) is 5.75 Å². The number of carboxylic acid groups (broad SMARTS) is 1. The first kappa shape index (κ1) is 11.0. The smallest absolute Gasteiger partial charge is 0.325 e. The molecular formula is C12H15NO3. The average Bonchev–Trinajstić information content (AvgIpc) is 2.23. The molecule has 1 aromatic carbocycles. The zero-order valence-corrected chi connectivity index (χ0v) is 8.93. The van der Waals surface area contributed by atoms with Gasteiger partial charge in [0.2, 0.25) is 0 Å². The first-order valence-corrected chi connectivity index (χ1v) is 5.42. The lowest BCUT2D eigenvalue weighted by molar-refractivity contribution is -0.138. The number of carboxylic acids is 1. The third-order valence-electron chi connectivity index (χ3n) is 2.87. The molecule has 0 aliphatic heterocycles. The van der Waals surface area contributed by atoms with Crippen molar-refractivity contribution < 1.29 is 14.6 Å². The molecule has 1 fully saturated rings. The van der Waals surface area contributed by atoms with Crippen molar-refractivity contribution in [2.24, 2.45) is 5.73 Å². The molecule has 1 atom stereocenters. The summed E-state index contributed by atoms with van der Waals surface area (Å²) >= 11 is 0. The summed E-state index contributed by atoms with van der Waals surface area (Å²) in [4.78, 5) is 10.8. The minimum atomic E-state index is -1.04. The van der Waals surface area contributed by atoms with Gasteiger partial charge in [0, 0.05) is 5.56 Å². The van der Waals surface area contributed by atoms with Crippen molar-refractivity contribution in [1.29, 1.82) is 0 Å². The summed E-state index contributed by atoms with van der Waals surface area (Å²) in [7, 11) is 0. The van der Waals surface area contributed by atoms with Crippen LogP contribution in [0.15, 0.2) is 24.3 Å². The van der Waals surface area contributed by atoms with Crippen LogP contribution >= 0.6 is 0 Å². The number of rotatable bonds is 4. The van der Waals surface area contributed by atoms with Crippen molar-refractivity contribution in [3.05, 3.63) is 29.8 Å². The van der Waals surface area contributed by atoms with Crippen LogP contribution in [-0.4, -0.2) is 17.2 Å². The minimum Gasteiger partial charge on any atom is -0.490 e. The number of carbonyl (C=O) groups is 1. The summed E-state index contributed by atoms with van der Waals surface area (Å²) in [5.74, 6) is -0.438. The van der Waals surface area contributed by atoms with E-state index in [-0.39, 0.29) is 6.10 Å². The molecule has 16 heavy (non-hydrogen) atoms. The Morgan fingerprint density at radius 3 is 2.69 bits per heavy atom. The van der Waals surface area contributed by atoms with E-state index in [0.29, 0.717) is 11.3 Å². The highest BCUT2D eigenvalue weighted by Gasteiger charge is 2.23. The van der Waals surface area contributed by atoms with E-state index in [2.05, 4.69) is 0 Å². The van der Waals surface area contributed by atoms with Crippen LogP contribution in [0.4, 0.5) is 0 Å². The van der Waals surface area contributed by atoms with Crippen LogP contribution in [0.3, 0.4) is 0 Å². The third-order valence-corrected chi connectivity index (χ3v) is 2.87. The van der Waals surface area contributed by atoms with E-state index >= 15 is 0 Å². The maximum atomic E-state index is 10.8. The van der Waals surface area contributed by atoms with E-state index in [1.807, 2.05) is 6.07 Å². The largest absolute Gasteiger partial charge is 0.490 e. The van der Waals surface area contributed by atoms with Gasteiger partial charge in [0.25, 0.3) is 0 Å². The topological polar surface area (TPSA) is 72.6 Å². The first-order valence-electron chi connectivity index (χ1n) is 5.42. The molecule has 4 nitrogen and oxygen atoms in total. The first-order chi connectivity index (χ1) is 7.68. The fourth-order valence-corrected chi connectivity index (χ4v) is 1.65. The summed E-state index contributed by atoms with van der Waals surface area (Å²) in [5.41, 5.74) is 6.14. The van der Waals surface area contributed by atoms with Crippen molar-refractivity contribution in [2.45, 2.75) is 31.4 Å². The molecule has 1 unspecified atom stereocenters. The molecule has 0 spiro atoms. The van der Waals surface area contributed by atoms with E-state index in [0.717, 1.165) is 12.8 Å². The average molecular weight is 221 g/mol. The molecule has 1 saturated carbocycles. The minimum absolute atomic E-state index is 0.224. The van der Waals surface area contributed by atoms with Gasteiger partial charge < -0.3 is 15.6 Å². The van der Waals surface area contributed by atoms with E-state index in [9.17, 15) is 4.79 Å². The van der Waals surface area contributed by atoms with Crippen molar-refractivity contribution in [1.82, 2.24) is 0 Å². The fraction of sp³-hybridized carbons (Fsp3) is 0.417. The monoisotopic (exact) mass is 221 g/mol. The van der Waals surface area contributed by atoms with Gasteiger partial charge in [-0.3, -0.25) is 4.79 Å². The van der Waals surface area contributed by atoms with Gasteiger partial charge in [-0.15, -0.1) is 0 Å². The number of hydrogen-bond donors (Lipinski definition) is 2. The molecule has 1 aliphatic carbocycles. The zero-order chi connectivity index (χ0) is 11.5. The van der Waals surface area contributed by atoms with Gasteiger partial charge in [-0.1, -0.05) is 18.2 Å². The summed E-state index contributed by atoms with van der Waals surface area (Å²) in [6, 6.07) is 6.05. The Kier molecular flexibility index (Phi) is 3.10. The maximum absolute atomic E-state index is 10.8. The molecule has 0 radical (unpaired) electrons. The molecule has 3 N–H and O–H groups in total. The molecule has 0 heterocycles. The van der Waals surface area contributed by atoms with E-state index in [4.69, 9.17) is 15.6 Å². The van der Waals surface area contributed by atoms with Crippen LogP contribution in [0, 0.1) is 0 Å². The van der Waals surface area contributed by atoms with Crippen LogP contribution < -0.4 is 10.5 Å². The Hall–Kier alpha value is -1.55. The molecule has 86 valence electrons. The van der Waals surface area contributed by atoms with Crippen LogP contribution in [0.1, 0.15) is 30.9 Å². The zero-order valence-electron chi connectivity index (χ0n) is 8.93. The van der Waals surface area contributed by atoms with Crippen molar-refractivity contribution in [2.75, 3.05) is 0 Å². The SMILES string of the molecule is NC(C(=O)O)c1ccccc1OC1CCC1. The Morgan fingerprint density at radius 1 is 1.44 bits per heavy atom. The number of aliphatic carboxylic acids is 1. The molecule has 0 saturated heterocycles. The van der Waals surface area contributed by atoms with Crippen LogP contribution in [0.5, 0.6) is 5.75 Å². The van der Waals surface area contributed by atoms with Crippen LogP contribution in [0.25, 0.3) is 0 Å². The summed E-state index contributed by atoms with van der Waals surface area (Å²) < 4.78 is 5.71. The molecule has 4 heteroatoms. The molecule has 1 aliphatic rings. The standard InChI is InChI=1S/C12H15NO3/c13-11(12(14)15)9-6-1-2-7-10(9)16-8-4-3-5-8/h1-2,6-8,11H,3-5,13H2,(H,14,15). The van der Waals surface area contributed by atoms with Crippen molar-refractivity contribution in [3.63, 3.8) is 0 Å². The second-order valence-corrected chi connectivity index (χ2v) is 4.02. The van der Waals surface area contributed by atoms with Gasteiger partial charge in [-0.25, -0.2) is 0 Å². The van der Waals surface area contributed by atoms with Crippen LogP contribution in [-0.2, 0) is 4.79 Å². The highest BCUT2D eigenvalue weighted by molar-refractivity contribution is 5.76. The van der Waals surface area contributed by atoms with E-state index in [1.165, 1.54) is 6.42 Å². The predicted molar refractivity (Wildman–Crippen MR) is 59.3 cm³/mol. The Labute approximate surface area is 94.0 Å². The van der Waals surface area contributed by atoms with E-state index in [1.54, 1.807) is 18.2 Å². The number of hydrogen-bond acceptors (Lipinski definition) is 3. The second-order valence-electron chi connectivity index (χ2n) is 4.02. The Morgan fingerprint density at radius 2 is 2.12 bits per heavy atom. The highest BCUT2D eigenvalue weighted by atomic mass is 16.5. The van der Waals surface area contributed by atoms with E-state index < -0.39 is 12.0 Å². The van der Waals surface area contributed by atoms with Gasteiger partial charge in [-0.2, -0.15) is 0 Å². The number of ether oxygens (including phenoxy) is 1. The lowest BCUT2D eigenvalue weighted by Gasteiger charge is -2.27. The molecule has 2 rings (SSSR count). The summed E-state index contributed by atoms with van der Waals surface area (Å²) in [5, 5.41) is 8.88. The molecule has 0 aromatic heterocycles. The quantitative estimate of drug-likeness (QED) is 0.811. The molecular weight excluding hydrogens is 206 g/mol. The van der Waals surface area contributed by atoms with Gasteiger partial charge >= 0.3 is 5.97 Å². The van der Waals surface area contributed by atoms with Crippen molar-refractivity contribution >= 4 is 5.97 Å². The Bertz CT molecular complexity index is 388. The fourth-order valence-electron chi connectivity index (χ4n) is 1.65. The Balaban J connectivity index is 2.18. The predicted octanol–water partition coefficient (Wildman–Crippen LogP) is 1.70. The summed E-state index contributed by atoms with van der Waals surface area (Å²) in [6.45, 7) is 0. The van der Waals surface area contributed by atoms with Crippen LogP contribution in [0.2, 0.25) is 0 Å². The lowest BCUT2D eigenvalue weighted by Crippen LogP contribution is -2.27.